The van der Waals surface area contributed by atoms with Crippen molar-refractivity contribution < 1.29 is 9.53 Å². The molecule has 1 N–H and O–H groups in total. The minimum Gasteiger partial charge on any atom is -0.465 e. The number of aromatic amines is 1. The van der Waals surface area contributed by atoms with E-state index in [0.29, 0.717) is 17.7 Å². The van der Waals surface area contributed by atoms with Crippen molar-refractivity contribution in [1.82, 2.24) is 9.97 Å². The highest BCUT2D eigenvalue weighted by Crippen LogP contribution is 2.30. The summed E-state index contributed by atoms with van der Waals surface area (Å²) < 4.78 is 4.82. The predicted molar refractivity (Wildman–Crippen MR) is 93.3 cm³/mol. The van der Waals surface area contributed by atoms with Gasteiger partial charge < -0.3 is 14.6 Å². The largest absolute Gasteiger partial charge is 0.465 e. The van der Waals surface area contributed by atoms with E-state index in [1.807, 2.05) is 18.2 Å². The number of hydrogen-bond donors (Lipinski definition) is 1. The Morgan fingerprint density at radius 3 is 2.96 bits per heavy atom. The molecule has 0 saturated heterocycles. The fraction of sp³-hybridized carbons (Fsp3) is 0.211. The van der Waals surface area contributed by atoms with Crippen LogP contribution in [0.15, 0.2) is 36.5 Å². The Kier molecular flexibility index (Phi) is 3.62. The van der Waals surface area contributed by atoms with Crippen LogP contribution in [0.3, 0.4) is 0 Å². The van der Waals surface area contributed by atoms with E-state index < -0.39 is 0 Å². The summed E-state index contributed by atoms with van der Waals surface area (Å²) in [5.74, 6) is 0.515. The number of benzene rings is 1. The first-order chi connectivity index (χ1) is 12.2. The molecule has 6 nitrogen and oxygen atoms in total. The number of nitrogens with one attached hydrogen (secondary N) is 1. The number of carbonyl (C=O) groups excluding carboxylic acids is 1. The number of carbonyl (C=O) groups is 1. The lowest BCUT2D eigenvalue weighted by Crippen LogP contribution is -2.30. The third-order valence-corrected chi connectivity index (χ3v) is 4.60. The molecule has 0 atom stereocenters. The summed E-state index contributed by atoms with van der Waals surface area (Å²) in [4.78, 5) is 21.8. The van der Waals surface area contributed by atoms with E-state index in [0.717, 1.165) is 29.7 Å². The number of anilines is 1. The second-order valence-corrected chi connectivity index (χ2v) is 6.02. The summed E-state index contributed by atoms with van der Waals surface area (Å²) in [5, 5.41) is 9.94. The van der Waals surface area contributed by atoms with Gasteiger partial charge in [0.1, 0.15) is 11.9 Å². The van der Waals surface area contributed by atoms with Gasteiger partial charge >= 0.3 is 5.97 Å². The molecule has 0 bridgehead atoms. The molecule has 1 aliphatic rings. The second-order valence-electron chi connectivity index (χ2n) is 6.02. The summed E-state index contributed by atoms with van der Waals surface area (Å²) in [6.07, 6.45) is 2.47. The first-order valence-electron chi connectivity index (χ1n) is 8.02. The lowest BCUT2D eigenvalue weighted by atomic mass is 10.0. The highest BCUT2D eigenvalue weighted by atomic mass is 16.5. The Labute approximate surface area is 144 Å². The Balaban J connectivity index is 1.71. The first-order valence-corrected chi connectivity index (χ1v) is 8.02. The molecule has 0 aliphatic carbocycles. The number of rotatable bonds is 2. The van der Waals surface area contributed by atoms with Gasteiger partial charge in [-0.3, -0.25) is 0 Å². The third kappa shape index (κ3) is 2.60. The van der Waals surface area contributed by atoms with Crippen LogP contribution in [-0.4, -0.2) is 29.6 Å². The molecule has 0 spiro atoms. The lowest BCUT2D eigenvalue weighted by Gasteiger charge is -2.28. The SMILES string of the molecule is COC(=O)c1ccc2[nH]c3c(c2c1)CN(c1ccc(C#N)cn1)CC3. The number of fused-ring (bicyclic) bond motifs is 3. The fourth-order valence-electron chi connectivity index (χ4n) is 3.29. The molecule has 0 radical (unpaired) electrons. The molecule has 3 aromatic rings. The van der Waals surface area contributed by atoms with Crippen LogP contribution >= 0.6 is 0 Å². The van der Waals surface area contributed by atoms with Gasteiger partial charge in [-0.25, -0.2) is 9.78 Å². The van der Waals surface area contributed by atoms with E-state index in [1.54, 1.807) is 18.3 Å². The number of aromatic nitrogens is 2. The Morgan fingerprint density at radius 1 is 1.36 bits per heavy atom. The zero-order valence-electron chi connectivity index (χ0n) is 13.7. The lowest BCUT2D eigenvalue weighted by molar-refractivity contribution is 0.0601. The summed E-state index contributed by atoms with van der Waals surface area (Å²) in [7, 11) is 1.39. The van der Waals surface area contributed by atoms with Crippen molar-refractivity contribution in [3.8, 4) is 6.07 Å². The molecule has 0 unspecified atom stereocenters. The van der Waals surface area contributed by atoms with Crippen LogP contribution in [0.1, 0.15) is 27.2 Å². The number of methoxy groups -OCH3 is 1. The van der Waals surface area contributed by atoms with Gasteiger partial charge in [0.05, 0.1) is 18.2 Å². The highest BCUT2D eigenvalue weighted by molar-refractivity contribution is 5.96. The minimum absolute atomic E-state index is 0.335. The number of H-pyrrole nitrogens is 1. The average Bonchev–Trinajstić information content (AvgIpc) is 3.04. The molecule has 0 amide bonds. The summed E-state index contributed by atoms with van der Waals surface area (Å²) in [6, 6.07) is 11.3. The quantitative estimate of drug-likeness (QED) is 0.730. The minimum atomic E-state index is -0.335. The maximum absolute atomic E-state index is 11.8. The van der Waals surface area contributed by atoms with Crippen LogP contribution in [0.25, 0.3) is 10.9 Å². The first kappa shape index (κ1) is 15.2. The second kappa shape index (κ2) is 5.95. The van der Waals surface area contributed by atoms with Gasteiger partial charge in [-0.2, -0.15) is 5.26 Å². The van der Waals surface area contributed by atoms with Crippen molar-refractivity contribution in [1.29, 1.82) is 5.26 Å². The van der Waals surface area contributed by atoms with Crippen molar-refractivity contribution in [2.24, 2.45) is 0 Å². The summed E-state index contributed by atoms with van der Waals surface area (Å²) in [5.41, 5.74) is 4.49. The zero-order chi connectivity index (χ0) is 17.4. The number of ether oxygens (including phenoxy) is 1. The maximum atomic E-state index is 11.8. The average molecular weight is 332 g/mol. The molecule has 1 aromatic carbocycles. The van der Waals surface area contributed by atoms with Crippen LogP contribution < -0.4 is 4.90 Å². The molecule has 124 valence electrons. The topological polar surface area (TPSA) is 82.0 Å². The number of nitrogens with zero attached hydrogens (tertiary/aromatic N) is 3. The van der Waals surface area contributed by atoms with E-state index >= 15 is 0 Å². The van der Waals surface area contributed by atoms with Gasteiger partial charge in [-0.15, -0.1) is 0 Å². The molecule has 0 fully saturated rings. The van der Waals surface area contributed by atoms with Crippen LogP contribution in [0.5, 0.6) is 0 Å². The molecule has 0 saturated carbocycles. The maximum Gasteiger partial charge on any atom is 0.337 e. The third-order valence-electron chi connectivity index (χ3n) is 4.60. The number of esters is 1. The summed E-state index contributed by atoms with van der Waals surface area (Å²) in [6.45, 7) is 1.56. The van der Waals surface area contributed by atoms with Crippen LogP contribution in [0, 0.1) is 11.3 Å². The summed E-state index contributed by atoms with van der Waals surface area (Å²) >= 11 is 0. The van der Waals surface area contributed by atoms with E-state index in [2.05, 4.69) is 20.9 Å². The van der Waals surface area contributed by atoms with Crippen molar-refractivity contribution in [2.75, 3.05) is 18.6 Å². The monoisotopic (exact) mass is 332 g/mol. The van der Waals surface area contributed by atoms with E-state index in [9.17, 15) is 4.79 Å². The highest BCUT2D eigenvalue weighted by Gasteiger charge is 2.22. The van der Waals surface area contributed by atoms with Gasteiger partial charge in [0, 0.05) is 47.9 Å². The molecular weight excluding hydrogens is 316 g/mol. The smallest absolute Gasteiger partial charge is 0.337 e. The standard InChI is InChI=1S/C19H16N4O2/c1-25-19(24)13-3-4-16-14(8-13)15-11-23(7-6-17(15)22-16)18-5-2-12(9-20)10-21-18/h2-5,8,10,22H,6-7,11H2,1H3. The van der Waals surface area contributed by atoms with Gasteiger partial charge in [-0.1, -0.05) is 0 Å². The number of nitriles is 1. The molecule has 3 heterocycles. The molecular formula is C19H16N4O2. The van der Waals surface area contributed by atoms with E-state index in [4.69, 9.17) is 10.00 Å². The van der Waals surface area contributed by atoms with Gasteiger partial charge in [0.2, 0.25) is 0 Å². The van der Waals surface area contributed by atoms with Crippen LogP contribution in [0.4, 0.5) is 5.82 Å². The Bertz CT molecular complexity index is 999. The van der Waals surface area contributed by atoms with Gasteiger partial charge in [0.15, 0.2) is 0 Å². The Hall–Kier alpha value is -3.33. The molecule has 25 heavy (non-hydrogen) atoms. The zero-order valence-corrected chi connectivity index (χ0v) is 13.7. The van der Waals surface area contributed by atoms with Crippen molar-refractivity contribution in [3.05, 3.63) is 58.9 Å². The van der Waals surface area contributed by atoms with Crippen molar-refractivity contribution in [3.63, 3.8) is 0 Å². The number of hydrogen-bond acceptors (Lipinski definition) is 5. The van der Waals surface area contributed by atoms with Crippen molar-refractivity contribution >= 4 is 22.7 Å². The van der Waals surface area contributed by atoms with E-state index in [-0.39, 0.29) is 5.97 Å². The molecule has 4 rings (SSSR count). The van der Waals surface area contributed by atoms with Crippen molar-refractivity contribution in [2.45, 2.75) is 13.0 Å². The molecule has 6 heteroatoms. The molecule has 2 aromatic heterocycles. The van der Waals surface area contributed by atoms with E-state index in [1.165, 1.54) is 18.4 Å². The van der Waals surface area contributed by atoms with Gasteiger partial charge in [0.25, 0.3) is 0 Å². The fourth-order valence-corrected chi connectivity index (χ4v) is 3.29. The number of pyridine rings is 1. The van der Waals surface area contributed by atoms with Gasteiger partial charge in [-0.05, 0) is 30.3 Å². The molecule has 1 aliphatic heterocycles. The predicted octanol–water partition coefficient (Wildman–Crippen LogP) is 2.78. The van der Waals surface area contributed by atoms with Crippen LogP contribution in [0.2, 0.25) is 0 Å². The Morgan fingerprint density at radius 2 is 2.24 bits per heavy atom. The van der Waals surface area contributed by atoms with Crippen LogP contribution in [-0.2, 0) is 17.7 Å². The normalized spacial score (nSPS) is 13.4.